The number of carbonyl (C=O) groups excluding carboxylic acids is 4. The number of rotatable bonds is 16. The molecule has 0 unspecified atom stereocenters. The van der Waals surface area contributed by atoms with Crippen molar-refractivity contribution in [3.63, 3.8) is 0 Å². The van der Waals surface area contributed by atoms with Gasteiger partial charge >= 0.3 is 0 Å². The SMILES string of the molecule is CC(=O)CC(=O)CCCCCCCCCCCC(=O)CC(C)=O. The maximum Gasteiger partial charge on any atom is 0.140 e. The second kappa shape index (κ2) is 14.3. The van der Waals surface area contributed by atoms with E-state index in [9.17, 15) is 19.2 Å². The molecule has 132 valence electrons. The zero-order valence-electron chi connectivity index (χ0n) is 14.8. The molecule has 0 saturated carbocycles. The number of hydrogen-bond donors (Lipinski definition) is 0. The Morgan fingerprint density at radius 2 is 0.739 bits per heavy atom. The molecule has 0 N–H and O–H groups in total. The van der Waals surface area contributed by atoms with E-state index in [1.165, 1.54) is 33.1 Å². The summed E-state index contributed by atoms with van der Waals surface area (Å²) in [6.45, 7) is 2.91. The van der Waals surface area contributed by atoms with Crippen LogP contribution in [0.15, 0.2) is 0 Å². The molecule has 0 amide bonds. The lowest BCUT2D eigenvalue weighted by Gasteiger charge is -2.02. The Bertz CT molecular complexity index is 349. The maximum absolute atomic E-state index is 11.3. The molecule has 0 atom stereocenters. The number of unbranched alkanes of at least 4 members (excludes halogenated alkanes) is 8. The molecule has 0 saturated heterocycles. The minimum Gasteiger partial charge on any atom is -0.300 e. The molecular weight excluding hydrogens is 292 g/mol. The van der Waals surface area contributed by atoms with Crippen LogP contribution in [0.1, 0.15) is 97.3 Å². The molecule has 0 aliphatic carbocycles. The van der Waals surface area contributed by atoms with Gasteiger partial charge < -0.3 is 0 Å². The van der Waals surface area contributed by atoms with E-state index in [0.29, 0.717) is 12.8 Å². The van der Waals surface area contributed by atoms with Crippen LogP contribution in [0.3, 0.4) is 0 Å². The molecule has 0 aromatic heterocycles. The van der Waals surface area contributed by atoms with Gasteiger partial charge in [-0.2, -0.15) is 0 Å². The summed E-state index contributed by atoms with van der Waals surface area (Å²) in [4.78, 5) is 44.2. The second-order valence-electron chi connectivity index (χ2n) is 6.52. The third-order valence-electron chi connectivity index (χ3n) is 3.80. The maximum atomic E-state index is 11.3. The Hall–Kier alpha value is -1.32. The molecule has 0 aliphatic heterocycles. The van der Waals surface area contributed by atoms with Crippen LogP contribution >= 0.6 is 0 Å². The van der Waals surface area contributed by atoms with Crippen molar-refractivity contribution in [3.05, 3.63) is 0 Å². The fourth-order valence-corrected chi connectivity index (χ4v) is 2.61. The lowest BCUT2D eigenvalue weighted by molar-refractivity contribution is -0.127. The van der Waals surface area contributed by atoms with Crippen LogP contribution in [0.5, 0.6) is 0 Å². The topological polar surface area (TPSA) is 68.3 Å². The first kappa shape index (κ1) is 21.7. The molecule has 0 rings (SSSR count). The second-order valence-corrected chi connectivity index (χ2v) is 6.52. The summed E-state index contributed by atoms with van der Waals surface area (Å²) in [5.74, 6) is 0.0460. The van der Waals surface area contributed by atoms with Gasteiger partial charge in [0.25, 0.3) is 0 Å². The fraction of sp³-hybridized carbons (Fsp3) is 0.789. The number of Topliss-reactive ketones (excluding diaryl/α,β-unsaturated/α-hetero) is 4. The smallest absolute Gasteiger partial charge is 0.140 e. The van der Waals surface area contributed by atoms with E-state index >= 15 is 0 Å². The van der Waals surface area contributed by atoms with Crippen LogP contribution in [0.2, 0.25) is 0 Å². The summed E-state index contributed by atoms with van der Waals surface area (Å²) < 4.78 is 0. The first-order chi connectivity index (χ1) is 10.9. The van der Waals surface area contributed by atoms with Crippen LogP contribution in [0.4, 0.5) is 0 Å². The minimum absolute atomic E-state index is 0.0435. The van der Waals surface area contributed by atoms with E-state index in [-0.39, 0.29) is 36.0 Å². The predicted octanol–water partition coefficient (Wildman–Crippen LogP) is 4.37. The molecule has 23 heavy (non-hydrogen) atoms. The molecule has 0 bridgehead atoms. The molecule has 4 nitrogen and oxygen atoms in total. The Labute approximate surface area is 140 Å². The van der Waals surface area contributed by atoms with Crippen molar-refractivity contribution in [2.24, 2.45) is 0 Å². The Balaban J connectivity index is 3.25. The molecule has 4 heteroatoms. The summed E-state index contributed by atoms with van der Waals surface area (Å²) in [6.07, 6.45) is 11.0. The molecule has 0 heterocycles. The van der Waals surface area contributed by atoms with Crippen molar-refractivity contribution in [3.8, 4) is 0 Å². The largest absolute Gasteiger partial charge is 0.300 e. The highest BCUT2D eigenvalue weighted by Gasteiger charge is 2.05. The van der Waals surface area contributed by atoms with E-state index in [4.69, 9.17) is 0 Å². The number of carbonyl (C=O) groups is 4. The van der Waals surface area contributed by atoms with Crippen LogP contribution < -0.4 is 0 Å². The average Bonchev–Trinajstić information content (AvgIpc) is 2.43. The average molecular weight is 324 g/mol. The molecule has 0 radical (unpaired) electrons. The Morgan fingerprint density at radius 1 is 0.478 bits per heavy atom. The quantitative estimate of drug-likeness (QED) is 0.312. The first-order valence-electron chi connectivity index (χ1n) is 8.94. The summed E-state index contributed by atoms with van der Waals surface area (Å²) in [6, 6.07) is 0. The van der Waals surface area contributed by atoms with Gasteiger partial charge in [0.1, 0.15) is 23.1 Å². The highest BCUT2D eigenvalue weighted by molar-refractivity contribution is 5.98. The van der Waals surface area contributed by atoms with Gasteiger partial charge in [-0.3, -0.25) is 19.2 Å². The highest BCUT2D eigenvalue weighted by atomic mass is 16.2. The van der Waals surface area contributed by atoms with E-state index < -0.39 is 0 Å². The van der Waals surface area contributed by atoms with Crippen molar-refractivity contribution < 1.29 is 19.2 Å². The zero-order valence-corrected chi connectivity index (χ0v) is 14.8. The van der Waals surface area contributed by atoms with Gasteiger partial charge in [-0.05, 0) is 26.7 Å². The molecule has 0 aromatic rings. The van der Waals surface area contributed by atoms with E-state index in [2.05, 4.69) is 0 Å². The molecule has 0 spiro atoms. The highest BCUT2D eigenvalue weighted by Crippen LogP contribution is 2.12. The number of hydrogen-bond acceptors (Lipinski definition) is 4. The van der Waals surface area contributed by atoms with Gasteiger partial charge in [-0.1, -0.05) is 44.9 Å². The lowest BCUT2D eigenvalue weighted by Crippen LogP contribution is -2.03. The van der Waals surface area contributed by atoms with Gasteiger partial charge in [-0.25, -0.2) is 0 Å². The van der Waals surface area contributed by atoms with Gasteiger partial charge in [0.2, 0.25) is 0 Å². The van der Waals surface area contributed by atoms with Crippen molar-refractivity contribution >= 4 is 23.1 Å². The van der Waals surface area contributed by atoms with Crippen LogP contribution in [0.25, 0.3) is 0 Å². The normalized spacial score (nSPS) is 10.5. The standard InChI is InChI=1S/C19H32O4/c1-16(20)14-18(22)12-10-8-6-4-3-5-7-9-11-13-19(23)15-17(2)21/h3-15H2,1-2H3. The van der Waals surface area contributed by atoms with Gasteiger partial charge in [-0.15, -0.1) is 0 Å². The lowest BCUT2D eigenvalue weighted by atomic mass is 10.0. The first-order valence-corrected chi connectivity index (χ1v) is 8.94. The third kappa shape index (κ3) is 16.9. The summed E-state index contributed by atoms with van der Waals surface area (Å²) in [5.41, 5.74) is 0. The molecular formula is C19H32O4. The molecule has 0 fully saturated rings. The predicted molar refractivity (Wildman–Crippen MR) is 91.4 cm³/mol. The summed E-state index contributed by atoms with van der Waals surface area (Å²) in [7, 11) is 0. The Kier molecular flexibility index (Phi) is 13.5. The zero-order chi connectivity index (χ0) is 17.5. The van der Waals surface area contributed by atoms with Crippen molar-refractivity contribution in [2.45, 2.75) is 97.3 Å². The third-order valence-corrected chi connectivity index (χ3v) is 3.80. The summed E-state index contributed by atoms with van der Waals surface area (Å²) in [5, 5.41) is 0. The van der Waals surface area contributed by atoms with Crippen molar-refractivity contribution in [2.75, 3.05) is 0 Å². The van der Waals surface area contributed by atoms with E-state index in [1.54, 1.807) is 0 Å². The molecule has 0 aromatic carbocycles. The van der Waals surface area contributed by atoms with Gasteiger partial charge in [0, 0.05) is 12.8 Å². The van der Waals surface area contributed by atoms with Crippen molar-refractivity contribution in [1.82, 2.24) is 0 Å². The van der Waals surface area contributed by atoms with E-state index in [1.807, 2.05) is 0 Å². The van der Waals surface area contributed by atoms with Gasteiger partial charge in [0.15, 0.2) is 0 Å². The fourth-order valence-electron chi connectivity index (χ4n) is 2.61. The van der Waals surface area contributed by atoms with Crippen molar-refractivity contribution in [1.29, 1.82) is 0 Å². The monoisotopic (exact) mass is 324 g/mol. The Morgan fingerprint density at radius 3 is 1.00 bits per heavy atom. The van der Waals surface area contributed by atoms with Crippen LogP contribution in [0, 0.1) is 0 Å². The van der Waals surface area contributed by atoms with Gasteiger partial charge in [0.05, 0.1) is 12.8 Å². The summed E-state index contributed by atoms with van der Waals surface area (Å²) >= 11 is 0. The molecule has 0 aliphatic rings. The van der Waals surface area contributed by atoms with Crippen LogP contribution in [-0.2, 0) is 19.2 Å². The number of ketones is 4. The van der Waals surface area contributed by atoms with E-state index in [0.717, 1.165) is 38.5 Å². The minimum atomic E-state index is -0.0435. The van der Waals surface area contributed by atoms with Crippen LogP contribution in [-0.4, -0.2) is 23.1 Å².